The second kappa shape index (κ2) is 4.99. The first-order valence-corrected chi connectivity index (χ1v) is 6.02. The Labute approximate surface area is 109 Å². The Balaban J connectivity index is 2.10. The third-order valence-electron chi connectivity index (χ3n) is 3.08. The van der Waals surface area contributed by atoms with Gasteiger partial charge in [0.2, 0.25) is 5.91 Å². The molecule has 0 spiro atoms. The molecule has 1 fully saturated rings. The molecule has 1 heterocycles. The van der Waals surface area contributed by atoms with Gasteiger partial charge in [-0.05, 0) is 25.3 Å². The maximum absolute atomic E-state index is 11.9. The maximum atomic E-state index is 11.9. The van der Waals surface area contributed by atoms with Crippen molar-refractivity contribution in [1.29, 1.82) is 0 Å². The molecule has 1 aliphatic carbocycles. The fraction of sp³-hybridized carbons (Fsp3) is 0.455. The van der Waals surface area contributed by atoms with Crippen molar-refractivity contribution in [3.63, 3.8) is 0 Å². The lowest BCUT2D eigenvalue weighted by Crippen LogP contribution is -2.31. The van der Waals surface area contributed by atoms with Crippen LogP contribution < -0.4 is 11.2 Å². The molecule has 1 aromatic rings. The van der Waals surface area contributed by atoms with Gasteiger partial charge in [-0.15, -0.1) is 0 Å². The molecule has 6 nitrogen and oxygen atoms in total. The van der Waals surface area contributed by atoms with E-state index in [0.717, 1.165) is 0 Å². The Morgan fingerprint density at radius 1 is 1.50 bits per heavy atom. The summed E-state index contributed by atoms with van der Waals surface area (Å²) in [6.45, 7) is 0. The number of nitrogens with one attached hydrogen (secondary N) is 1. The normalized spacial score (nSPS) is 23.0. The van der Waals surface area contributed by atoms with Crippen molar-refractivity contribution in [2.45, 2.75) is 25.4 Å². The zero-order chi connectivity index (χ0) is 13.3. The predicted octanol–water partition coefficient (Wildman–Crippen LogP) is 0.471. The van der Waals surface area contributed by atoms with Gasteiger partial charge in [-0.25, -0.2) is 0 Å². The highest BCUT2D eigenvalue weighted by Crippen LogP contribution is 2.26. The highest BCUT2D eigenvalue weighted by atomic mass is 35.5. The molecule has 0 aromatic carbocycles. The minimum atomic E-state index is -0.711. The fourth-order valence-electron chi connectivity index (χ4n) is 2.14. The number of nitrogens with two attached hydrogens (primary N) is 1. The van der Waals surface area contributed by atoms with Crippen LogP contribution in [0.3, 0.4) is 0 Å². The number of hydrogen-bond donors (Lipinski definition) is 3. The lowest BCUT2D eigenvalue weighted by Gasteiger charge is -2.13. The Hall–Kier alpha value is -1.53. The summed E-state index contributed by atoms with van der Waals surface area (Å²) < 4.78 is 1.22. The van der Waals surface area contributed by atoms with Crippen LogP contribution in [0, 0.1) is 5.92 Å². The summed E-state index contributed by atoms with van der Waals surface area (Å²) in [5.41, 5.74) is 7.78. The van der Waals surface area contributed by atoms with E-state index in [4.69, 9.17) is 17.3 Å². The van der Waals surface area contributed by atoms with Crippen molar-refractivity contribution in [1.82, 2.24) is 4.68 Å². The van der Waals surface area contributed by atoms with E-state index in [2.05, 4.69) is 5.43 Å². The first-order valence-electron chi connectivity index (χ1n) is 5.64. The number of aliphatic hydroxyl groups excluding tert-OH is 1. The number of carbonyl (C=O) groups excluding carboxylic acids is 2. The van der Waals surface area contributed by atoms with Crippen LogP contribution in [0.15, 0.2) is 12.3 Å². The van der Waals surface area contributed by atoms with Gasteiger partial charge in [-0.1, -0.05) is 11.6 Å². The number of nitrogens with zero attached hydrogens (tertiary/aromatic N) is 1. The molecule has 0 unspecified atom stereocenters. The van der Waals surface area contributed by atoms with Crippen LogP contribution in [0.2, 0.25) is 5.02 Å². The van der Waals surface area contributed by atoms with Gasteiger partial charge in [0.05, 0.1) is 11.1 Å². The van der Waals surface area contributed by atoms with E-state index >= 15 is 0 Å². The second-order valence-electron chi connectivity index (χ2n) is 4.39. The third-order valence-corrected chi connectivity index (χ3v) is 3.38. The first kappa shape index (κ1) is 12.9. The summed E-state index contributed by atoms with van der Waals surface area (Å²) in [7, 11) is 0. The molecule has 1 saturated carbocycles. The molecule has 4 N–H and O–H groups in total. The van der Waals surface area contributed by atoms with Crippen LogP contribution in [0.4, 0.5) is 0 Å². The summed E-state index contributed by atoms with van der Waals surface area (Å²) in [5, 5.41) is 9.57. The average Bonchev–Trinajstić information content (AvgIpc) is 2.85. The lowest BCUT2D eigenvalue weighted by molar-refractivity contribution is -0.120. The van der Waals surface area contributed by atoms with Gasteiger partial charge in [0, 0.05) is 12.1 Å². The highest BCUT2D eigenvalue weighted by molar-refractivity contribution is 6.33. The molecule has 0 saturated heterocycles. The molecule has 0 radical (unpaired) electrons. The van der Waals surface area contributed by atoms with Gasteiger partial charge in [0.15, 0.2) is 0 Å². The molecule has 18 heavy (non-hydrogen) atoms. The Morgan fingerprint density at radius 3 is 2.78 bits per heavy atom. The van der Waals surface area contributed by atoms with Gasteiger partial charge in [0.1, 0.15) is 5.69 Å². The van der Waals surface area contributed by atoms with Crippen molar-refractivity contribution in [3.8, 4) is 0 Å². The zero-order valence-electron chi connectivity index (χ0n) is 9.60. The van der Waals surface area contributed by atoms with Crippen molar-refractivity contribution < 1.29 is 14.7 Å². The molecular formula is C11H14ClN3O3. The summed E-state index contributed by atoms with van der Waals surface area (Å²) in [4.78, 5) is 23.1. The summed E-state index contributed by atoms with van der Waals surface area (Å²) in [6.07, 6.45) is 2.73. The van der Waals surface area contributed by atoms with Crippen molar-refractivity contribution in [3.05, 3.63) is 23.0 Å². The minimum Gasteiger partial charge on any atom is -0.393 e. The van der Waals surface area contributed by atoms with Crippen LogP contribution >= 0.6 is 11.6 Å². The van der Waals surface area contributed by atoms with Crippen LogP contribution in [-0.2, 0) is 4.79 Å². The molecule has 0 bridgehead atoms. The molecule has 98 valence electrons. The van der Waals surface area contributed by atoms with E-state index in [-0.39, 0.29) is 22.5 Å². The van der Waals surface area contributed by atoms with Crippen molar-refractivity contribution in [2.24, 2.45) is 11.7 Å². The second-order valence-corrected chi connectivity index (χ2v) is 4.79. The molecule has 0 aliphatic heterocycles. The van der Waals surface area contributed by atoms with E-state index < -0.39 is 12.0 Å². The van der Waals surface area contributed by atoms with Crippen LogP contribution in [0.5, 0.6) is 0 Å². The number of rotatable bonds is 3. The van der Waals surface area contributed by atoms with Crippen molar-refractivity contribution in [2.75, 3.05) is 5.43 Å². The van der Waals surface area contributed by atoms with Crippen LogP contribution in [0.25, 0.3) is 0 Å². The monoisotopic (exact) mass is 271 g/mol. The number of primary amides is 1. The standard InChI is InChI=1S/C11H14ClN3O3/c12-8-3-4-15(9(8)10(13)17)14-11(18)6-1-2-7(16)5-6/h3-4,6-7,16H,1-2,5H2,(H2,13,17)(H,14,18)/t6-,7-/m0/s1. The molecule has 2 amide bonds. The van der Waals surface area contributed by atoms with Crippen molar-refractivity contribution >= 4 is 23.4 Å². The minimum absolute atomic E-state index is 0.0450. The number of aromatic nitrogens is 1. The molecule has 2 rings (SSSR count). The average molecular weight is 272 g/mol. The van der Waals surface area contributed by atoms with Crippen LogP contribution in [0.1, 0.15) is 29.8 Å². The Kier molecular flexibility index (Phi) is 3.58. The number of hydrogen-bond acceptors (Lipinski definition) is 3. The summed E-state index contributed by atoms with van der Waals surface area (Å²) >= 11 is 5.79. The number of halogens is 1. The summed E-state index contributed by atoms with van der Waals surface area (Å²) in [6, 6.07) is 1.48. The third kappa shape index (κ3) is 2.49. The Morgan fingerprint density at radius 2 is 2.22 bits per heavy atom. The fourth-order valence-corrected chi connectivity index (χ4v) is 2.38. The molecular weight excluding hydrogens is 258 g/mol. The summed E-state index contributed by atoms with van der Waals surface area (Å²) in [5.74, 6) is -1.21. The quantitative estimate of drug-likeness (QED) is 0.745. The maximum Gasteiger partial charge on any atom is 0.268 e. The molecule has 2 atom stereocenters. The lowest BCUT2D eigenvalue weighted by atomic mass is 10.1. The van der Waals surface area contributed by atoms with Gasteiger partial charge in [0.25, 0.3) is 5.91 Å². The van der Waals surface area contributed by atoms with Gasteiger partial charge >= 0.3 is 0 Å². The topological polar surface area (TPSA) is 97.4 Å². The van der Waals surface area contributed by atoms with E-state index in [1.807, 2.05) is 0 Å². The van der Waals surface area contributed by atoms with E-state index in [0.29, 0.717) is 19.3 Å². The van der Waals surface area contributed by atoms with Gasteiger partial charge in [-0.2, -0.15) is 0 Å². The number of aliphatic hydroxyl groups is 1. The zero-order valence-corrected chi connectivity index (χ0v) is 10.4. The molecule has 1 aromatic heterocycles. The predicted molar refractivity (Wildman–Crippen MR) is 65.7 cm³/mol. The SMILES string of the molecule is NC(=O)c1c(Cl)ccn1NC(=O)[C@H]1CC[C@H](O)C1. The smallest absolute Gasteiger partial charge is 0.268 e. The van der Waals surface area contributed by atoms with Gasteiger partial charge < -0.3 is 10.8 Å². The molecule has 1 aliphatic rings. The van der Waals surface area contributed by atoms with Gasteiger partial charge in [-0.3, -0.25) is 19.7 Å². The van der Waals surface area contributed by atoms with Crippen LogP contribution in [-0.4, -0.2) is 27.7 Å². The first-order chi connectivity index (χ1) is 8.49. The Bertz CT molecular complexity index is 486. The van der Waals surface area contributed by atoms with E-state index in [1.165, 1.54) is 16.9 Å². The van der Waals surface area contributed by atoms with E-state index in [1.54, 1.807) is 0 Å². The highest BCUT2D eigenvalue weighted by Gasteiger charge is 2.29. The molecule has 7 heteroatoms. The number of carbonyl (C=O) groups is 2. The largest absolute Gasteiger partial charge is 0.393 e. The number of amides is 2. The van der Waals surface area contributed by atoms with E-state index in [9.17, 15) is 14.7 Å².